The molecule has 1 saturated heterocycles. The molecule has 0 aliphatic carbocycles. The minimum Gasteiger partial charge on any atom is -0.338 e. The van der Waals surface area contributed by atoms with E-state index in [1.54, 1.807) is 17.9 Å². The van der Waals surface area contributed by atoms with Crippen molar-refractivity contribution in [2.75, 3.05) is 18.4 Å². The average molecular weight is 459 g/mol. The lowest BCUT2D eigenvalue weighted by atomic mass is 9.94. The smallest absolute Gasteiger partial charge is 0.253 e. The molecule has 6 nitrogen and oxygen atoms in total. The van der Waals surface area contributed by atoms with E-state index < -0.39 is 34.8 Å². The number of amides is 1. The second-order valence-corrected chi connectivity index (χ2v) is 7.95. The van der Waals surface area contributed by atoms with Crippen molar-refractivity contribution in [3.05, 3.63) is 76.4 Å². The van der Waals surface area contributed by atoms with Crippen LogP contribution >= 0.6 is 0 Å². The predicted octanol–water partition coefficient (Wildman–Crippen LogP) is 4.81. The van der Waals surface area contributed by atoms with Crippen LogP contribution in [0.2, 0.25) is 0 Å². The summed E-state index contributed by atoms with van der Waals surface area (Å²) in [5.74, 6) is -4.42. The average Bonchev–Trinajstić information content (AvgIpc) is 2.81. The van der Waals surface area contributed by atoms with E-state index in [4.69, 9.17) is 0 Å². The number of carbonyl (C=O) groups excluding carboxylic acids is 1. The first-order chi connectivity index (χ1) is 15.7. The molecule has 1 unspecified atom stereocenters. The van der Waals surface area contributed by atoms with E-state index in [-0.39, 0.29) is 17.6 Å². The largest absolute Gasteiger partial charge is 0.338 e. The molecule has 1 atom stereocenters. The van der Waals surface area contributed by atoms with Crippen LogP contribution in [0.5, 0.6) is 0 Å². The van der Waals surface area contributed by atoms with E-state index in [1.807, 2.05) is 0 Å². The van der Waals surface area contributed by atoms with Crippen LogP contribution in [0.1, 0.15) is 46.2 Å². The number of halogens is 4. The van der Waals surface area contributed by atoms with E-state index in [0.29, 0.717) is 30.2 Å². The molecule has 0 spiro atoms. The number of rotatable bonds is 4. The standard InChI is InChI=1S/C23H21F4N5O/c1-12-19(25)21(27)31-22(20(12)26)30-18-10-17(28-13(2)29-18)15-4-3-9-32(11-15)23(33)14-5-7-16(24)8-6-14/h5-8,10,15H,3-4,9,11H2,1-2H3,(H,28,29,30,31). The van der Waals surface area contributed by atoms with Crippen LogP contribution in [0.15, 0.2) is 30.3 Å². The number of nitrogens with one attached hydrogen (secondary N) is 1. The van der Waals surface area contributed by atoms with Gasteiger partial charge in [0.2, 0.25) is 0 Å². The molecular formula is C23H21F4N5O. The maximum Gasteiger partial charge on any atom is 0.253 e. The molecule has 1 aliphatic heterocycles. The van der Waals surface area contributed by atoms with Gasteiger partial charge in [0, 0.05) is 36.2 Å². The number of benzene rings is 1. The van der Waals surface area contributed by atoms with Gasteiger partial charge in [0.1, 0.15) is 17.5 Å². The fourth-order valence-corrected chi connectivity index (χ4v) is 3.87. The minimum atomic E-state index is -1.41. The highest BCUT2D eigenvalue weighted by molar-refractivity contribution is 5.94. The number of nitrogens with zero attached hydrogens (tertiary/aromatic N) is 4. The van der Waals surface area contributed by atoms with Crippen molar-refractivity contribution < 1.29 is 22.4 Å². The number of hydrogen-bond acceptors (Lipinski definition) is 5. The van der Waals surface area contributed by atoms with Gasteiger partial charge in [-0.1, -0.05) is 0 Å². The predicted molar refractivity (Wildman–Crippen MR) is 113 cm³/mol. The lowest BCUT2D eigenvalue weighted by Crippen LogP contribution is -2.39. The highest BCUT2D eigenvalue weighted by Crippen LogP contribution is 2.29. The van der Waals surface area contributed by atoms with Crippen LogP contribution in [0.4, 0.5) is 29.2 Å². The number of pyridine rings is 1. The van der Waals surface area contributed by atoms with E-state index in [2.05, 4.69) is 20.3 Å². The van der Waals surface area contributed by atoms with Crippen molar-refractivity contribution in [3.8, 4) is 0 Å². The normalized spacial score (nSPS) is 16.1. The maximum absolute atomic E-state index is 14.4. The van der Waals surface area contributed by atoms with Crippen molar-refractivity contribution in [3.63, 3.8) is 0 Å². The van der Waals surface area contributed by atoms with Gasteiger partial charge in [0.15, 0.2) is 17.5 Å². The summed E-state index contributed by atoms with van der Waals surface area (Å²) in [5, 5.41) is 2.61. The van der Waals surface area contributed by atoms with Crippen molar-refractivity contribution in [2.24, 2.45) is 0 Å². The Morgan fingerprint density at radius 1 is 1.03 bits per heavy atom. The van der Waals surface area contributed by atoms with Gasteiger partial charge in [-0.15, -0.1) is 0 Å². The quantitative estimate of drug-likeness (QED) is 0.448. The summed E-state index contributed by atoms with van der Waals surface area (Å²) >= 11 is 0. The molecule has 1 aromatic carbocycles. The molecule has 0 bridgehead atoms. The van der Waals surface area contributed by atoms with Gasteiger partial charge in [-0.05, 0) is 51.0 Å². The van der Waals surface area contributed by atoms with Crippen LogP contribution < -0.4 is 5.32 Å². The van der Waals surface area contributed by atoms with Gasteiger partial charge in [-0.25, -0.2) is 23.1 Å². The molecule has 1 fully saturated rings. The van der Waals surface area contributed by atoms with Gasteiger partial charge in [-0.2, -0.15) is 9.37 Å². The molecule has 172 valence electrons. The fraction of sp³-hybridized carbons (Fsp3) is 0.304. The van der Waals surface area contributed by atoms with Gasteiger partial charge in [0.05, 0.1) is 5.69 Å². The maximum atomic E-state index is 14.4. The Kier molecular flexibility index (Phi) is 6.26. The van der Waals surface area contributed by atoms with Crippen molar-refractivity contribution in [1.29, 1.82) is 0 Å². The number of aryl methyl sites for hydroxylation is 1. The van der Waals surface area contributed by atoms with E-state index in [9.17, 15) is 22.4 Å². The first kappa shape index (κ1) is 22.6. The molecule has 3 aromatic rings. The molecule has 1 N–H and O–H groups in total. The number of aromatic nitrogens is 3. The van der Waals surface area contributed by atoms with Gasteiger partial charge >= 0.3 is 0 Å². The third-order valence-corrected chi connectivity index (χ3v) is 5.58. The fourth-order valence-electron chi connectivity index (χ4n) is 3.87. The molecular weight excluding hydrogens is 438 g/mol. The van der Waals surface area contributed by atoms with Crippen molar-refractivity contribution in [2.45, 2.75) is 32.6 Å². The summed E-state index contributed by atoms with van der Waals surface area (Å²) in [7, 11) is 0. The summed E-state index contributed by atoms with van der Waals surface area (Å²) in [5.41, 5.74) is 0.535. The summed E-state index contributed by atoms with van der Waals surface area (Å²) in [6, 6.07) is 6.97. The van der Waals surface area contributed by atoms with Crippen LogP contribution in [-0.4, -0.2) is 38.8 Å². The second kappa shape index (κ2) is 9.13. The molecule has 4 rings (SSSR count). The Bertz CT molecular complexity index is 1200. The Hall–Kier alpha value is -3.56. The number of carbonyl (C=O) groups is 1. The second-order valence-electron chi connectivity index (χ2n) is 7.95. The van der Waals surface area contributed by atoms with E-state index >= 15 is 0 Å². The number of hydrogen-bond donors (Lipinski definition) is 1. The number of anilines is 2. The lowest BCUT2D eigenvalue weighted by molar-refractivity contribution is 0.0706. The molecule has 0 saturated carbocycles. The van der Waals surface area contributed by atoms with Gasteiger partial charge in [-0.3, -0.25) is 4.79 Å². The summed E-state index contributed by atoms with van der Waals surface area (Å²) in [6.45, 7) is 3.72. The molecule has 2 aromatic heterocycles. The van der Waals surface area contributed by atoms with Crippen LogP contribution in [0.3, 0.4) is 0 Å². The zero-order chi connectivity index (χ0) is 23.7. The first-order valence-corrected chi connectivity index (χ1v) is 10.4. The summed E-state index contributed by atoms with van der Waals surface area (Å²) < 4.78 is 54.8. The number of piperidine rings is 1. The number of likely N-dealkylation sites (tertiary alicyclic amines) is 1. The highest BCUT2D eigenvalue weighted by Gasteiger charge is 2.27. The zero-order valence-corrected chi connectivity index (χ0v) is 18.0. The van der Waals surface area contributed by atoms with Crippen LogP contribution in [0, 0.1) is 37.2 Å². The lowest BCUT2D eigenvalue weighted by Gasteiger charge is -2.32. The SMILES string of the molecule is Cc1nc(Nc2nc(F)c(F)c(C)c2F)cc(C2CCCN(C(=O)c3ccc(F)cc3)C2)n1. The van der Waals surface area contributed by atoms with Crippen molar-refractivity contribution in [1.82, 2.24) is 19.9 Å². The molecule has 1 aliphatic rings. The Morgan fingerprint density at radius 3 is 2.48 bits per heavy atom. The third kappa shape index (κ3) is 4.79. The Balaban J connectivity index is 1.56. The molecule has 10 heteroatoms. The van der Waals surface area contributed by atoms with Crippen LogP contribution in [-0.2, 0) is 0 Å². The van der Waals surface area contributed by atoms with Gasteiger partial charge < -0.3 is 10.2 Å². The Labute approximate surface area is 187 Å². The monoisotopic (exact) mass is 459 g/mol. The zero-order valence-electron chi connectivity index (χ0n) is 18.0. The summed E-state index contributed by atoms with van der Waals surface area (Å²) in [6.07, 6.45) is 1.50. The minimum absolute atomic E-state index is 0.116. The molecule has 1 amide bonds. The third-order valence-electron chi connectivity index (χ3n) is 5.58. The molecule has 3 heterocycles. The topological polar surface area (TPSA) is 71.0 Å². The van der Waals surface area contributed by atoms with Gasteiger partial charge in [0.25, 0.3) is 11.9 Å². The van der Waals surface area contributed by atoms with Crippen LogP contribution in [0.25, 0.3) is 0 Å². The molecule has 33 heavy (non-hydrogen) atoms. The highest BCUT2D eigenvalue weighted by atomic mass is 19.2. The van der Waals surface area contributed by atoms with E-state index in [1.165, 1.54) is 24.3 Å². The molecule has 0 radical (unpaired) electrons. The first-order valence-electron chi connectivity index (χ1n) is 10.4. The summed E-state index contributed by atoms with van der Waals surface area (Å²) in [4.78, 5) is 26.5. The Morgan fingerprint density at radius 2 is 1.76 bits per heavy atom. The van der Waals surface area contributed by atoms with E-state index in [0.717, 1.165) is 19.8 Å². The van der Waals surface area contributed by atoms with Crippen molar-refractivity contribution >= 4 is 17.5 Å².